The number of fused-ring (bicyclic) bond motifs is 1. The third-order valence-electron chi connectivity index (χ3n) is 3.23. The molecule has 112 valence electrons. The van der Waals surface area contributed by atoms with E-state index < -0.39 is 0 Å². The maximum atomic E-state index is 12.2. The first-order valence-corrected chi connectivity index (χ1v) is 7.07. The molecule has 6 nitrogen and oxygen atoms in total. The van der Waals surface area contributed by atoms with Gasteiger partial charge in [-0.1, -0.05) is 13.8 Å². The number of carbonyl (C=O) groups is 1. The highest BCUT2D eigenvalue weighted by Crippen LogP contribution is 2.21. The van der Waals surface area contributed by atoms with E-state index >= 15 is 0 Å². The Morgan fingerprint density at radius 1 is 1.32 bits per heavy atom. The smallest absolute Gasteiger partial charge is 0.251 e. The summed E-state index contributed by atoms with van der Waals surface area (Å²) in [6.07, 6.45) is 3.10. The number of oxazole rings is 1. The molecule has 0 spiro atoms. The molecule has 1 N–H and O–H groups in total. The molecule has 6 heteroatoms. The molecule has 0 saturated carbocycles. The van der Waals surface area contributed by atoms with Crippen LogP contribution in [0.15, 0.2) is 41.2 Å². The molecular formula is C16H16N4O2. The Bertz CT molecular complexity index is 796. The number of carbonyl (C=O) groups excluding carboxylic acids is 1. The van der Waals surface area contributed by atoms with Crippen molar-refractivity contribution in [1.82, 2.24) is 20.3 Å². The van der Waals surface area contributed by atoms with Crippen LogP contribution >= 0.6 is 0 Å². The standard InChI is InChI=1S/C16H16N4O2/c1-10(2)16-20-13-7-11(3-4-14(13)22-16)15(21)18-8-12-5-6-17-9-19-12/h3-7,9-10H,8H2,1-2H3,(H,18,21). The van der Waals surface area contributed by atoms with Crippen molar-refractivity contribution in [2.75, 3.05) is 0 Å². The number of rotatable bonds is 4. The van der Waals surface area contributed by atoms with E-state index in [1.807, 2.05) is 13.8 Å². The fraction of sp³-hybridized carbons (Fsp3) is 0.250. The zero-order valence-electron chi connectivity index (χ0n) is 12.4. The van der Waals surface area contributed by atoms with Gasteiger partial charge in [0.2, 0.25) is 0 Å². The molecule has 22 heavy (non-hydrogen) atoms. The summed E-state index contributed by atoms with van der Waals surface area (Å²) in [5.74, 6) is 0.714. The van der Waals surface area contributed by atoms with Crippen LogP contribution in [0.5, 0.6) is 0 Å². The number of aromatic nitrogens is 3. The van der Waals surface area contributed by atoms with Crippen LogP contribution < -0.4 is 5.32 Å². The largest absolute Gasteiger partial charge is 0.440 e. The number of hydrogen-bond donors (Lipinski definition) is 1. The van der Waals surface area contributed by atoms with Gasteiger partial charge in [0.15, 0.2) is 11.5 Å². The predicted octanol–water partition coefficient (Wildman–Crippen LogP) is 2.67. The van der Waals surface area contributed by atoms with Crippen LogP contribution in [0.1, 0.15) is 41.7 Å². The third-order valence-corrected chi connectivity index (χ3v) is 3.23. The SMILES string of the molecule is CC(C)c1nc2cc(C(=O)NCc3ccncn3)ccc2o1. The van der Waals surface area contributed by atoms with Crippen molar-refractivity contribution >= 4 is 17.0 Å². The van der Waals surface area contributed by atoms with Crippen LogP contribution in [-0.4, -0.2) is 20.9 Å². The molecule has 3 rings (SSSR count). The summed E-state index contributed by atoms with van der Waals surface area (Å²) in [7, 11) is 0. The van der Waals surface area contributed by atoms with Gasteiger partial charge in [-0.05, 0) is 24.3 Å². The molecule has 2 heterocycles. The molecule has 1 aromatic carbocycles. The molecule has 0 atom stereocenters. The lowest BCUT2D eigenvalue weighted by Crippen LogP contribution is -2.23. The second-order valence-corrected chi connectivity index (χ2v) is 5.27. The van der Waals surface area contributed by atoms with Crippen molar-refractivity contribution in [3.8, 4) is 0 Å². The Hall–Kier alpha value is -2.76. The molecule has 0 aliphatic heterocycles. The summed E-state index contributed by atoms with van der Waals surface area (Å²) in [6.45, 7) is 4.38. The minimum atomic E-state index is -0.172. The second kappa shape index (κ2) is 5.93. The molecule has 2 aromatic heterocycles. The molecule has 0 radical (unpaired) electrons. The van der Waals surface area contributed by atoms with E-state index in [9.17, 15) is 4.79 Å². The monoisotopic (exact) mass is 296 g/mol. The van der Waals surface area contributed by atoms with Crippen LogP contribution in [-0.2, 0) is 6.54 Å². The first-order valence-electron chi connectivity index (χ1n) is 7.07. The molecular weight excluding hydrogens is 280 g/mol. The van der Waals surface area contributed by atoms with E-state index in [-0.39, 0.29) is 11.8 Å². The Kier molecular flexibility index (Phi) is 3.82. The summed E-state index contributed by atoms with van der Waals surface area (Å²) in [4.78, 5) is 24.5. The summed E-state index contributed by atoms with van der Waals surface area (Å²) in [6, 6.07) is 7.00. The lowest BCUT2D eigenvalue weighted by Gasteiger charge is -2.04. The average Bonchev–Trinajstić information content (AvgIpc) is 2.97. The van der Waals surface area contributed by atoms with E-state index in [0.717, 1.165) is 5.69 Å². The van der Waals surface area contributed by atoms with E-state index in [4.69, 9.17) is 4.42 Å². The van der Waals surface area contributed by atoms with E-state index in [0.29, 0.717) is 29.1 Å². The zero-order valence-corrected chi connectivity index (χ0v) is 12.4. The number of hydrogen-bond acceptors (Lipinski definition) is 5. The molecule has 3 aromatic rings. The average molecular weight is 296 g/mol. The first kappa shape index (κ1) is 14.2. The van der Waals surface area contributed by atoms with Gasteiger partial charge in [-0.25, -0.2) is 15.0 Å². The van der Waals surface area contributed by atoms with Gasteiger partial charge in [0.05, 0.1) is 12.2 Å². The lowest BCUT2D eigenvalue weighted by atomic mass is 10.2. The number of nitrogens with zero attached hydrogens (tertiary/aromatic N) is 3. The fourth-order valence-corrected chi connectivity index (χ4v) is 2.03. The van der Waals surface area contributed by atoms with Crippen LogP contribution in [0.3, 0.4) is 0 Å². The van der Waals surface area contributed by atoms with Gasteiger partial charge in [-0.2, -0.15) is 0 Å². The van der Waals surface area contributed by atoms with Gasteiger partial charge in [-0.15, -0.1) is 0 Å². The highest BCUT2D eigenvalue weighted by molar-refractivity contribution is 5.97. The highest BCUT2D eigenvalue weighted by Gasteiger charge is 2.12. The van der Waals surface area contributed by atoms with Crippen molar-refractivity contribution < 1.29 is 9.21 Å². The highest BCUT2D eigenvalue weighted by atomic mass is 16.3. The lowest BCUT2D eigenvalue weighted by molar-refractivity contribution is 0.0950. The van der Waals surface area contributed by atoms with E-state index in [1.165, 1.54) is 6.33 Å². The molecule has 1 amide bonds. The molecule has 0 aliphatic rings. The van der Waals surface area contributed by atoms with Crippen molar-refractivity contribution in [3.63, 3.8) is 0 Å². The summed E-state index contributed by atoms with van der Waals surface area (Å²) in [5.41, 5.74) is 2.69. The van der Waals surface area contributed by atoms with Crippen molar-refractivity contribution in [2.45, 2.75) is 26.3 Å². The number of benzene rings is 1. The third kappa shape index (κ3) is 2.95. The Labute approximate surface area is 127 Å². The minimum Gasteiger partial charge on any atom is -0.440 e. The topological polar surface area (TPSA) is 80.9 Å². The van der Waals surface area contributed by atoms with Crippen molar-refractivity contribution in [1.29, 1.82) is 0 Å². The quantitative estimate of drug-likeness (QED) is 0.800. The van der Waals surface area contributed by atoms with Gasteiger partial charge in [0.1, 0.15) is 11.8 Å². The summed E-state index contributed by atoms with van der Waals surface area (Å²) in [5, 5.41) is 2.82. The maximum Gasteiger partial charge on any atom is 0.251 e. The number of nitrogens with one attached hydrogen (secondary N) is 1. The van der Waals surface area contributed by atoms with Gasteiger partial charge < -0.3 is 9.73 Å². The minimum absolute atomic E-state index is 0.172. The number of amides is 1. The van der Waals surface area contributed by atoms with E-state index in [2.05, 4.69) is 20.3 Å². The van der Waals surface area contributed by atoms with Crippen LogP contribution in [0, 0.1) is 0 Å². The molecule has 0 saturated heterocycles. The van der Waals surface area contributed by atoms with E-state index in [1.54, 1.807) is 30.5 Å². The van der Waals surface area contributed by atoms with Crippen LogP contribution in [0.25, 0.3) is 11.1 Å². The normalized spacial score (nSPS) is 11.0. The predicted molar refractivity (Wildman–Crippen MR) is 81.3 cm³/mol. The molecule has 0 unspecified atom stereocenters. The molecule has 0 bridgehead atoms. The van der Waals surface area contributed by atoms with Crippen LogP contribution in [0.2, 0.25) is 0 Å². The van der Waals surface area contributed by atoms with Gasteiger partial charge >= 0.3 is 0 Å². The fourth-order valence-electron chi connectivity index (χ4n) is 2.03. The maximum absolute atomic E-state index is 12.2. The molecule has 0 aliphatic carbocycles. The second-order valence-electron chi connectivity index (χ2n) is 5.27. The van der Waals surface area contributed by atoms with Gasteiger partial charge in [0.25, 0.3) is 5.91 Å². The Morgan fingerprint density at radius 3 is 2.91 bits per heavy atom. The first-order chi connectivity index (χ1) is 10.6. The molecule has 0 fully saturated rings. The summed E-state index contributed by atoms with van der Waals surface area (Å²) >= 11 is 0. The Morgan fingerprint density at radius 2 is 2.18 bits per heavy atom. The van der Waals surface area contributed by atoms with Crippen molar-refractivity contribution in [2.24, 2.45) is 0 Å². The summed E-state index contributed by atoms with van der Waals surface area (Å²) < 4.78 is 5.63. The van der Waals surface area contributed by atoms with Crippen LogP contribution in [0.4, 0.5) is 0 Å². The zero-order chi connectivity index (χ0) is 15.5. The Balaban J connectivity index is 1.76. The van der Waals surface area contributed by atoms with Gasteiger partial charge in [0, 0.05) is 17.7 Å². The van der Waals surface area contributed by atoms with Crippen molar-refractivity contribution in [3.05, 3.63) is 53.9 Å². The van der Waals surface area contributed by atoms with Gasteiger partial charge in [-0.3, -0.25) is 4.79 Å².